The monoisotopic (exact) mass is 1720 g/mol. The molecule has 0 radical (unpaired) electrons. The van der Waals surface area contributed by atoms with Gasteiger partial charge in [0.2, 0.25) is 64.1 Å². The zero-order chi connectivity index (χ0) is 89.7. The molecule has 1 fully saturated rings. The standard InChI is InChI=1S/C75H52O48/c76-13-38(62(119-66(103)16-1-25(77)45(88)26(78)2-16)61-34(86)14-112-69(106)19-7-30(82)48(91)54(97)40(19)42-21(71(108)118-61)9-32(84)50(93)56(42)99)116-73(110)23-11-36(52(95)58(101)44(23)87)114-37-12-24-60(59(102)53(37)96)115-35-6-18(5-29(81)47(35)90)68(105)123-75-65(122-74(24)111)64(121-67(104)17-3-27(79)46(89)28(80)4-17)63-39(117-75)15-113-70(107)20-8-31(83)49(92)55(98)41(20)43-22(72(109)120-63)10-33(85)51(94)57(43)100/h1-13,34,38-39,61-65,75,77-102H,14-15H2. The van der Waals surface area contributed by atoms with Crippen LogP contribution < -0.4 is 9.47 Å². The molecule has 4 aliphatic rings. The van der Waals surface area contributed by atoms with E-state index in [0.29, 0.717) is 54.6 Å². The molecule has 640 valence electrons. The molecule has 2 bridgehead atoms. The molecule has 13 rings (SSSR count). The van der Waals surface area contributed by atoms with Gasteiger partial charge in [0.1, 0.15) is 36.5 Å². The summed E-state index contributed by atoms with van der Waals surface area (Å²) in [7, 11) is 0. The zero-order valence-electron chi connectivity index (χ0n) is 60.2. The number of rotatable bonds is 11. The Bertz CT molecular complexity index is 6080. The average Bonchev–Trinajstić information content (AvgIpc) is 1.64. The number of aliphatic hydroxyl groups is 1. The number of aromatic hydroxyl groups is 25. The summed E-state index contributed by atoms with van der Waals surface area (Å²) in [6, 6.07) is 4.02. The van der Waals surface area contributed by atoms with Crippen LogP contribution in [-0.2, 0) is 52.2 Å². The number of fused-ring (bicyclic) bond motifs is 11. The van der Waals surface area contributed by atoms with Crippen molar-refractivity contribution in [1.29, 1.82) is 0 Å². The van der Waals surface area contributed by atoms with E-state index in [9.17, 15) is 176 Å². The average molecular weight is 1720 g/mol. The molecule has 4 aliphatic heterocycles. The Labute approximate surface area is 675 Å². The second-order valence-corrected chi connectivity index (χ2v) is 26.3. The minimum atomic E-state index is -3.07. The lowest BCUT2D eigenvalue weighted by Crippen LogP contribution is -2.63. The predicted octanol–water partition coefficient (Wildman–Crippen LogP) is 2.99. The van der Waals surface area contributed by atoms with E-state index in [2.05, 4.69) is 0 Å². The molecule has 48 nitrogen and oxygen atoms in total. The number of benzene rings is 9. The number of phenols is 25. The van der Waals surface area contributed by atoms with Crippen LogP contribution in [0.2, 0.25) is 0 Å². The summed E-state index contributed by atoms with van der Waals surface area (Å²) in [6.07, 6.45) is -26.2. The predicted molar refractivity (Wildman–Crippen MR) is 380 cm³/mol. The highest BCUT2D eigenvalue weighted by molar-refractivity contribution is 6.10. The highest BCUT2D eigenvalue weighted by Crippen LogP contribution is 2.58. The number of carbonyl (C=O) groups excluding carboxylic acids is 10. The van der Waals surface area contributed by atoms with E-state index in [1.54, 1.807) is 0 Å². The molecular weight excluding hydrogens is 1670 g/mol. The molecule has 9 unspecified atom stereocenters. The molecule has 0 aliphatic carbocycles. The molecular formula is C75H52O48. The lowest BCUT2D eigenvalue weighted by atomic mass is 9.92. The van der Waals surface area contributed by atoms with Gasteiger partial charge < -0.3 is 190 Å². The van der Waals surface area contributed by atoms with Gasteiger partial charge in [-0.2, -0.15) is 0 Å². The van der Waals surface area contributed by atoms with Crippen molar-refractivity contribution in [3.63, 3.8) is 0 Å². The number of hydrogen-bond donors (Lipinski definition) is 26. The Kier molecular flexibility index (Phi) is 21.1. The largest absolute Gasteiger partial charge is 0.504 e. The van der Waals surface area contributed by atoms with Crippen molar-refractivity contribution in [2.45, 2.75) is 55.1 Å². The summed E-state index contributed by atoms with van der Waals surface area (Å²) < 4.78 is 66.9. The van der Waals surface area contributed by atoms with E-state index in [1.165, 1.54) is 0 Å². The second kappa shape index (κ2) is 31.1. The Morgan fingerprint density at radius 1 is 0.374 bits per heavy atom. The number of carbonyl (C=O) groups is 10. The molecule has 4 heterocycles. The van der Waals surface area contributed by atoms with Crippen LogP contribution in [-0.4, -0.2) is 261 Å². The van der Waals surface area contributed by atoms with Gasteiger partial charge in [-0.05, 0) is 60.7 Å². The molecule has 9 aromatic carbocycles. The number of aliphatic hydroxyl groups excluding tert-OH is 1. The first-order chi connectivity index (χ1) is 57.9. The van der Waals surface area contributed by atoms with Crippen LogP contribution in [0.5, 0.6) is 167 Å². The van der Waals surface area contributed by atoms with Gasteiger partial charge in [0, 0.05) is 34.4 Å². The molecule has 9 atom stereocenters. The van der Waals surface area contributed by atoms with Crippen molar-refractivity contribution >= 4 is 60.0 Å². The van der Waals surface area contributed by atoms with Crippen molar-refractivity contribution in [3.8, 4) is 189 Å². The molecule has 0 amide bonds. The zero-order valence-corrected chi connectivity index (χ0v) is 60.2. The van der Waals surface area contributed by atoms with E-state index in [1.807, 2.05) is 0 Å². The number of esters is 9. The van der Waals surface area contributed by atoms with Crippen molar-refractivity contribution in [1.82, 2.24) is 0 Å². The highest BCUT2D eigenvalue weighted by Gasteiger charge is 2.56. The topological polar surface area (TPSA) is 807 Å². The molecule has 123 heavy (non-hydrogen) atoms. The molecule has 0 saturated carbocycles. The first-order valence-electron chi connectivity index (χ1n) is 33.9. The number of ether oxygens (including phenoxy) is 12. The van der Waals surface area contributed by atoms with Gasteiger partial charge in [0.05, 0.1) is 38.9 Å². The molecule has 9 aromatic rings. The van der Waals surface area contributed by atoms with Gasteiger partial charge in [-0.15, -0.1) is 0 Å². The minimum absolute atomic E-state index is 0.101. The van der Waals surface area contributed by atoms with E-state index in [0.717, 1.165) is 0 Å². The fourth-order valence-corrected chi connectivity index (χ4v) is 12.7. The summed E-state index contributed by atoms with van der Waals surface area (Å²) in [5.74, 6) is -60.8. The summed E-state index contributed by atoms with van der Waals surface area (Å²) in [5.41, 5.74) is -15.9. The van der Waals surface area contributed by atoms with E-state index >= 15 is 4.79 Å². The van der Waals surface area contributed by atoms with Gasteiger partial charge in [-0.3, -0.25) is 4.79 Å². The summed E-state index contributed by atoms with van der Waals surface area (Å²) in [6.45, 7) is -3.06. The third kappa shape index (κ3) is 14.5. The van der Waals surface area contributed by atoms with Crippen LogP contribution in [0.25, 0.3) is 22.3 Å². The molecule has 1 saturated heterocycles. The number of hydrogen-bond acceptors (Lipinski definition) is 48. The van der Waals surface area contributed by atoms with E-state index in [4.69, 9.17) is 56.8 Å². The number of phenolic OH excluding ortho intramolecular Hbond substituents is 25. The van der Waals surface area contributed by atoms with Gasteiger partial charge in [0.15, 0.2) is 152 Å². The third-order valence-corrected chi connectivity index (χ3v) is 18.8. The molecule has 0 spiro atoms. The Morgan fingerprint density at radius 2 is 0.797 bits per heavy atom. The molecule has 26 N–H and O–H groups in total. The van der Waals surface area contributed by atoms with Crippen LogP contribution in [0.3, 0.4) is 0 Å². The fraction of sp³-hybridized carbons (Fsp3) is 0.147. The van der Waals surface area contributed by atoms with Crippen molar-refractivity contribution in [3.05, 3.63) is 123 Å². The van der Waals surface area contributed by atoms with Crippen LogP contribution in [0, 0.1) is 0 Å². The first-order valence-corrected chi connectivity index (χ1v) is 33.9. The second-order valence-electron chi connectivity index (χ2n) is 26.3. The van der Waals surface area contributed by atoms with Gasteiger partial charge in [-0.1, -0.05) is 0 Å². The molecule has 0 aromatic heterocycles. The smallest absolute Gasteiger partial charge is 0.343 e. The third-order valence-electron chi connectivity index (χ3n) is 18.8. The number of aldehydes is 1. The van der Waals surface area contributed by atoms with Crippen molar-refractivity contribution < 1.29 is 238 Å². The van der Waals surface area contributed by atoms with Crippen molar-refractivity contribution in [2.24, 2.45) is 0 Å². The van der Waals surface area contributed by atoms with Crippen LogP contribution in [0.1, 0.15) is 93.2 Å². The van der Waals surface area contributed by atoms with E-state index < -0.39 is 367 Å². The summed E-state index contributed by atoms with van der Waals surface area (Å²) in [4.78, 5) is 145. The lowest BCUT2D eigenvalue weighted by molar-refractivity contribution is -0.282. The first kappa shape index (κ1) is 83.3. The quantitative estimate of drug-likeness (QED) is 0.0383. The van der Waals surface area contributed by atoms with Crippen LogP contribution >= 0.6 is 0 Å². The Morgan fingerprint density at radius 3 is 1.29 bits per heavy atom. The van der Waals surface area contributed by atoms with Crippen LogP contribution in [0.4, 0.5) is 0 Å². The maximum Gasteiger partial charge on any atom is 0.343 e. The normalized spacial score (nSPS) is 18.6. The van der Waals surface area contributed by atoms with E-state index in [-0.39, 0.29) is 18.2 Å². The van der Waals surface area contributed by atoms with Crippen LogP contribution in [0.15, 0.2) is 72.8 Å². The number of cyclic esters (lactones) is 3. The maximum atomic E-state index is 15.5. The summed E-state index contributed by atoms with van der Waals surface area (Å²) >= 11 is 0. The van der Waals surface area contributed by atoms with Gasteiger partial charge in [0.25, 0.3) is 0 Å². The SMILES string of the molecule is O=CC(OC(=O)c1cc(Oc2cc3c(c(O)c2O)Oc2cc(cc(O)c2O)C(=O)OC2OC4COC(=O)c5cc(O)c(O)c(O)c5-c5c(cc(O)c(O)c5O)C(=O)OC4C(OC(=O)c4cc(O)c(O)c(O)c4)C2OC3=O)c(O)c(O)c1O)C(OC(=O)c1cc(O)c(O)c(O)c1)C1OC(=O)c2cc(O)c(O)c(O)c2-c2c(cc(O)c(O)c2O)C(=O)OCC1O. The maximum absolute atomic E-state index is 15.5. The fourth-order valence-electron chi connectivity index (χ4n) is 12.7. The molecule has 48 heteroatoms. The summed E-state index contributed by atoms with van der Waals surface area (Å²) in [5, 5.41) is 284. The van der Waals surface area contributed by atoms with Crippen molar-refractivity contribution in [2.75, 3.05) is 13.2 Å². The van der Waals surface area contributed by atoms with Gasteiger partial charge in [-0.25, -0.2) is 43.2 Å². The van der Waals surface area contributed by atoms with Gasteiger partial charge >= 0.3 is 53.7 Å². The minimum Gasteiger partial charge on any atom is -0.504 e. The Balaban J connectivity index is 0.915. The Hall–Kier alpha value is -17.6. The lowest BCUT2D eigenvalue weighted by Gasteiger charge is -2.44. The highest BCUT2D eigenvalue weighted by atomic mass is 16.8.